The molecule has 0 amide bonds. The van der Waals surface area contributed by atoms with Gasteiger partial charge < -0.3 is 14.9 Å². The van der Waals surface area contributed by atoms with Crippen LogP contribution in [0.5, 0.6) is 0 Å². The van der Waals surface area contributed by atoms with E-state index in [-0.39, 0.29) is 28.5 Å². The van der Waals surface area contributed by atoms with E-state index in [1.54, 1.807) is 0 Å². The number of hydrogen-bond acceptors (Lipinski definition) is 5. The predicted molar refractivity (Wildman–Crippen MR) is 109 cm³/mol. The molecule has 0 aromatic rings. The van der Waals surface area contributed by atoms with Crippen LogP contribution >= 0.6 is 0 Å². The highest BCUT2D eigenvalue weighted by atomic mass is 16.5. The summed E-state index contributed by atoms with van der Waals surface area (Å²) < 4.78 is 5.25. The molecule has 4 aliphatic rings. The summed E-state index contributed by atoms with van der Waals surface area (Å²) in [6.45, 7) is 4.70. The van der Waals surface area contributed by atoms with E-state index in [1.807, 2.05) is 6.08 Å². The molecule has 3 saturated carbocycles. The molecule has 2 N–H and O–H groups in total. The van der Waals surface area contributed by atoms with E-state index in [4.69, 9.17) is 4.74 Å². The molecule has 0 saturated heterocycles. The van der Waals surface area contributed by atoms with Crippen LogP contribution in [0.4, 0.5) is 0 Å². The van der Waals surface area contributed by atoms with Crippen LogP contribution in [0, 0.1) is 40.4 Å². The van der Waals surface area contributed by atoms with Crippen molar-refractivity contribution in [1.82, 2.24) is 0 Å². The standard InChI is InChI=1S/C24H36O5/c1-23-11-9-19-21(18(23)6-4-14(23)5-7-20(26)27)17(22(28)29-3)13-15-12-16(25)8-10-24(15,19)2/h12,14,17-21,26-27H,4-11,13H2,1-3H3/t14?,17?,18-,19+,21-,23+,24-/m0/s1. The summed E-state index contributed by atoms with van der Waals surface area (Å²) >= 11 is 0. The number of allylic oxidation sites excluding steroid dienone is 1. The zero-order valence-electron chi connectivity index (χ0n) is 18.0. The normalized spacial score (nSPS) is 44.0. The molecule has 5 heteroatoms. The third-order valence-corrected chi connectivity index (χ3v) is 9.49. The molecule has 162 valence electrons. The average Bonchev–Trinajstić information content (AvgIpc) is 3.02. The molecule has 4 aliphatic carbocycles. The number of aliphatic hydroxyl groups is 2. The van der Waals surface area contributed by atoms with Crippen LogP contribution in [-0.4, -0.2) is 35.4 Å². The van der Waals surface area contributed by atoms with E-state index in [1.165, 1.54) is 12.7 Å². The maximum absolute atomic E-state index is 12.9. The Hall–Kier alpha value is -1.20. The van der Waals surface area contributed by atoms with E-state index < -0.39 is 6.29 Å². The van der Waals surface area contributed by atoms with Gasteiger partial charge in [0.05, 0.1) is 13.0 Å². The Labute approximate surface area is 173 Å². The first-order chi connectivity index (χ1) is 13.7. The summed E-state index contributed by atoms with van der Waals surface area (Å²) in [5, 5.41) is 18.7. The third kappa shape index (κ3) is 3.29. The molecule has 0 heterocycles. The molecule has 0 spiro atoms. The molecule has 2 unspecified atom stereocenters. The van der Waals surface area contributed by atoms with Gasteiger partial charge in [0.1, 0.15) is 0 Å². The first-order valence-electron chi connectivity index (χ1n) is 11.4. The van der Waals surface area contributed by atoms with Crippen molar-refractivity contribution < 1.29 is 24.5 Å². The van der Waals surface area contributed by atoms with Gasteiger partial charge in [-0.1, -0.05) is 19.4 Å². The second kappa shape index (κ2) is 7.49. The van der Waals surface area contributed by atoms with Crippen LogP contribution in [0.1, 0.15) is 71.6 Å². The largest absolute Gasteiger partial charge is 0.469 e. The molecule has 0 radical (unpaired) electrons. The average molecular weight is 405 g/mol. The molecule has 3 fully saturated rings. The Morgan fingerprint density at radius 3 is 2.66 bits per heavy atom. The van der Waals surface area contributed by atoms with E-state index in [0.717, 1.165) is 38.5 Å². The van der Waals surface area contributed by atoms with Gasteiger partial charge in [-0.05, 0) is 91.9 Å². The zero-order chi connectivity index (χ0) is 21.0. The quantitative estimate of drug-likeness (QED) is 0.552. The summed E-state index contributed by atoms with van der Waals surface area (Å²) in [6.07, 6.45) is 8.43. The van der Waals surface area contributed by atoms with Crippen molar-refractivity contribution in [1.29, 1.82) is 0 Å². The summed E-state index contributed by atoms with van der Waals surface area (Å²) in [5.41, 5.74) is 1.33. The summed E-state index contributed by atoms with van der Waals surface area (Å²) in [7, 11) is 1.48. The van der Waals surface area contributed by atoms with Gasteiger partial charge in [-0.15, -0.1) is 0 Å². The van der Waals surface area contributed by atoms with Gasteiger partial charge in [-0.3, -0.25) is 9.59 Å². The minimum absolute atomic E-state index is 0.0177. The molecule has 4 rings (SSSR count). The first kappa shape index (κ1) is 21.0. The fraction of sp³-hybridized carbons (Fsp3) is 0.833. The van der Waals surface area contributed by atoms with Gasteiger partial charge in [0.25, 0.3) is 0 Å². The number of ketones is 1. The van der Waals surface area contributed by atoms with E-state index in [0.29, 0.717) is 42.9 Å². The highest BCUT2D eigenvalue weighted by molar-refractivity contribution is 5.92. The second-order valence-corrected chi connectivity index (χ2v) is 10.6. The van der Waals surface area contributed by atoms with Gasteiger partial charge in [0, 0.05) is 6.42 Å². The minimum atomic E-state index is -1.24. The maximum atomic E-state index is 12.9. The molecule has 0 aliphatic heterocycles. The molecule has 29 heavy (non-hydrogen) atoms. The van der Waals surface area contributed by atoms with E-state index in [9.17, 15) is 19.8 Å². The Bertz CT molecular complexity index is 712. The smallest absolute Gasteiger partial charge is 0.309 e. The number of fused-ring (bicyclic) bond motifs is 5. The van der Waals surface area contributed by atoms with Crippen LogP contribution in [0.3, 0.4) is 0 Å². The first-order valence-corrected chi connectivity index (χ1v) is 11.4. The monoisotopic (exact) mass is 404 g/mol. The molecular weight excluding hydrogens is 368 g/mol. The highest BCUT2D eigenvalue weighted by Gasteiger charge is 2.62. The number of hydrogen-bond donors (Lipinski definition) is 2. The van der Waals surface area contributed by atoms with Gasteiger partial charge in [-0.2, -0.15) is 0 Å². The highest BCUT2D eigenvalue weighted by Crippen LogP contribution is 2.68. The van der Waals surface area contributed by atoms with Gasteiger partial charge in [0.2, 0.25) is 0 Å². The number of rotatable bonds is 4. The topological polar surface area (TPSA) is 83.8 Å². The van der Waals surface area contributed by atoms with Crippen molar-refractivity contribution in [2.75, 3.05) is 7.11 Å². The molecule has 0 aromatic heterocycles. The van der Waals surface area contributed by atoms with Crippen molar-refractivity contribution in [2.45, 2.75) is 77.9 Å². The Balaban J connectivity index is 1.69. The second-order valence-electron chi connectivity index (χ2n) is 10.6. The van der Waals surface area contributed by atoms with Crippen molar-refractivity contribution >= 4 is 11.8 Å². The summed E-state index contributed by atoms with van der Waals surface area (Å²) in [5.74, 6) is 1.55. The lowest BCUT2D eigenvalue weighted by Gasteiger charge is -2.60. The minimum Gasteiger partial charge on any atom is -0.469 e. The number of esters is 1. The Morgan fingerprint density at radius 2 is 1.97 bits per heavy atom. The van der Waals surface area contributed by atoms with Crippen LogP contribution in [0.15, 0.2) is 11.6 Å². The van der Waals surface area contributed by atoms with Gasteiger partial charge in [0.15, 0.2) is 12.1 Å². The molecule has 0 aromatic carbocycles. The lowest BCUT2D eigenvalue weighted by molar-refractivity contribution is -0.159. The number of ether oxygens (including phenoxy) is 1. The van der Waals surface area contributed by atoms with Crippen molar-refractivity contribution in [3.05, 3.63) is 11.6 Å². The van der Waals surface area contributed by atoms with Crippen molar-refractivity contribution in [3.8, 4) is 0 Å². The number of methoxy groups -OCH3 is 1. The molecule has 7 atom stereocenters. The SMILES string of the molecule is COC(=O)C1CC2=CC(=O)CC[C@]2(C)[C@@H]2CC[C@]3(C)C(CCC(O)O)CC[C@H]3[C@H]12. The summed E-state index contributed by atoms with van der Waals surface area (Å²) in [4.78, 5) is 25.0. The third-order valence-electron chi connectivity index (χ3n) is 9.49. The van der Waals surface area contributed by atoms with Crippen LogP contribution in [-0.2, 0) is 14.3 Å². The number of carbonyl (C=O) groups is 2. The maximum Gasteiger partial charge on any atom is 0.309 e. The van der Waals surface area contributed by atoms with Crippen LogP contribution in [0.25, 0.3) is 0 Å². The van der Waals surface area contributed by atoms with Gasteiger partial charge in [-0.25, -0.2) is 0 Å². The lowest BCUT2D eigenvalue weighted by atomic mass is 9.44. The van der Waals surface area contributed by atoms with Crippen LogP contribution in [0.2, 0.25) is 0 Å². The molecule has 5 nitrogen and oxygen atoms in total. The van der Waals surface area contributed by atoms with E-state index in [2.05, 4.69) is 13.8 Å². The Kier molecular flexibility index (Phi) is 5.44. The number of carbonyl (C=O) groups excluding carboxylic acids is 2. The van der Waals surface area contributed by atoms with Crippen molar-refractivity contribution in [3.63, 3.8) is 0 Å². The Morgan fingerprint density at radius 1 is 1.21 bits per heavy atom. The fourth-order valence-electron chi connectivity index (χ4n) is 7.89. The lowest BCUT2D eigenvalue weighted by Crippen LogP contribution is -2.55. The predicted octanol–water partition coefficient (Wildman–Crippen LogP) is 3.62. The summed E-state index contributed by atoms with van der Waals surface area (Å²) in [6, 6.07) is 0. The molecular formula is C24H36O5. The zero-order valence-corrected chi connectivity index (χ0v) is 18.0. The van der Waals surface area contributed by atoms with E-state index >= 15 is 0 Å². The fourth-order valence-corrected chi connectivity index (χ4v) is 7.89. The van der Waals surface area contributed by atoms with Gasteiger partial charge >= 0.3 is 5.97 Å². The van der Waals surface area contributed by atoms with Crippen LogP contribution < -0.4 is 0 Å². The molecule has 0 bridgehead atoms. The van der Waals surface area contributed by atoms with Crippen molar-refractivity contribution in [2.24, 2.45) is 40.4 Å². The number of aliphatic hydroxyl groups excluding tert-OH is 1.